The molecule has 20 heavy (non-hydrogen) atoms. The van der Waals surface area contributed by atoms with Gasteiger partial charge in [-0.1, -0.05) is 19.8 Å². The maximum atomic E-state index is 6.07. The molecule has 0 bridgehead atoms. The highest BCUT2D eigenvalue weighted by molar-refractivity contribution is 5.71. The summed E-state index contributed by atoms with van der Waals surface area (Å²) in [4.78, 5) is 13.1. The molecule has 1 fully saturated rings. The zero-order chi connectivity index (χ0) is 14.0. The van der Waals surface area contributed by atoms with Crippen LogP contribution in [0.15, 0.2) is 24.5 Å². The van der Waals surface area contributed by atoms with Crippen LogP contribution in [0.1, 0.15) is 32.6 Å². The topological polar surface area (TPSA) is 76.7 Å². The van der Waals surface area contributed by atoms with E-state index in [0.717, 1.165) is 17.8 Å². The predicted molar refractivity (Wildman–Crippen MR) is 80.4 cm³/mol. The Morgan fingerprint density at radius 3 is 2.95 bits per heavy atom. The summed E-state index contributed by atoms with van der Waals surface area (Å²) in [6.07, 6.45) is 8.19. The van der Waals surface area contributed by atoms with Crippen molar-refractivity contribution in [1.29, 1.82) is 0 Å². The van der Waals surface area contributed by atoms with E-state index in [0.29, 0.717) is 18.1 Å². The number of hydrogen-bond acceptors (Lipinski definition) is 5. The van der Waals surface area contributed by atoms with E-state index >= 15 is 0 Å². The molecule has 2 heterocycles. The fraction of sp³-hybridized carbons (Fsp3) is 0.533. The van der Waals surface area contributed by atoms with Gasteiger partial charge in [0.15, 0.2) is 5.65 Å². The monoisotopic (exact) mass is 271 g/mol. The summed E-state index contributed by atoms with van der Waals surface area (Å²) >= 11 is 0. The van der Waals surface area contributed by atoms with Gasteiger partial charge in [-0.3, -0.25) is 4.98 Å². The lowest BCUT2D eigenvalue weighted by Crippen LogP contribution is -2.52. The minimum atomic E-state index is -0.0405. The van der Waals surface area contributed by atoms with Crippen LogP contribution in [-0.4, -0.2) is 27.0 Å². The van der Waals surface area contributed by atoms with Crippen molar-refractivity contribution >= 4 is 17.0 Å². The summed E-state index contributed by atoms with van der Waals surface area (Å²) in [5, 5.41) is 3.58. The molecule has 0 spiro atoms. The smallest absolute Gasteiger partial charge is 0.180 e. The number of fused-ring (bicyclic) bond motifs is 1. The number of nitrogens with one attached hydrogen (secondary N) is 1. The molecule has 0 amide bonds. The average Bonchev–Trinajstić information content (AvgIpc) is 2.49. The van der Waals surface area contributed by atoms with E-state index in [1.165, 1.54) is 19.3 Å². The van der Waals surface area contributed by atoms with Crippen molar-refractivity contribution in [2.45, 2.75) is 38.1 Å². The molecule has 0 saturated heterocycles. The first kappa shape index (κ1) is 13.2. The van der Waals surface area contributed by atoms with Crippen LogP contribution >= 0.6 is 0 Å². The number of anilines is 1. The highest BCUT2D eigenvalue weighted by Gasteiger charge is 2.37. The normalized spacial score (nSPS) is 26.6. The Balaban J connectivity index is 1.90. The first-order valence-electron chi connectivity index (χ1n) is 7.29. The molecular weight excluding hydrogens is 250 g/mol. The zero-order valence-electron chi connectivity index (χ0n) is 11.8. The van der Waals surface area contributed by atoms with Gasteiger partial charge in [0, 0.05) is 18.9 Å². The highest BCUT2D eigenvalue weighted by atomic mass is 15.1. The SMILES string of the molecule is CC1CCCCC1(CN)Nc1ccc2nccnc2n1. The number of rotatable bonds is 3. The Kier molecular flexibility index (Phi) is 3.53. The van der Waals surface area contributed by atoms with Crippen molar-refractivity contribution in [3.8, 4) is 0 Å². The molecule has 1 aliphatic carbocycles. The number of nitrogens with two attached hydrogens (primary N) is 1. The second kappa shape index (κ2) is 5.32. The molecule has 5 heteroatoms. The Bertz CT molecular complexity index is 600. The number of hydrogen-bond donors (Lipinski definition) is 2. The Morgan fingerprint density at radius 2 is 2.15 bits per heavy atom. The average molecular weight is 271 g/mol. The standard InChI is InChI=1S/C15H21N5/c1-11-4-2-3-7-15(11,10-16)20-13-6-5-12-14(19-13)18-9-8-17-12/h5-6,8-9,11H,2-4,7,10,16H2,1H3,(H,18,19,20). The Morgan fingerprint density at radius 1 is 1.30 bits per heavy atom. The van der Waals surface area contributed by atoms with Crippen molar-refractivity contribution < 1.29 is 0 Å². The van der Waals surface area contributed by atoms with E-state index in [9.17, 15) is 0 Å². The molecule has 3 N–H and O–H groups in total. The van der Waals surface area contributed by atoms with Crippen molar-refractivity contribution in [1.82, 2.24) is 15.0 Å². The third-order valence-corrected chi connectivity index (χ3v) is 4.53. The molecule has 0 radical (unpaired) electrons. The van der Waals surface area contributed by atoms with E-state index < -0.39 is 0 Å². The molecule has 2 aromatic rings. The lowest BCUT2D eigenvalue weighted by molar-refractivity contribution is 0.235. The molecular formula is C15H21N5. The fourth-order valence-corrected chi connectivity index (χ4v) is 3.13. The summed E-state index contributed by atoms with van der Waals surface area (Å²) < 4.78 is 0. The van der Waals surface area contributed by atoms with Crippen LogP contribution < -0.4 is 11.1 Å². The lowest BCUT2D eigenvalue weighted by atomic mass is 9.73. The van der Waals surface area contributed by atoms with E-state index in [2.05, 4.69) is 27.2 Å². The van der Waals surface area contributed by atoms with Crippen LogP contribution in [0.5, 0.6) is 0 Å². The summed E-state index contributed by atoms with van der Waals surface area (Å²) in [5.41, 5.74) is 7.52. The lowest BCUT2D eigenvalue weighted by Gasteiger charge is -2.43. The molecule has 5 nitrogen and oxygen atoms in total. The number of nitrogens with zero attached hydrogens (tertiary/aromatic N) is 3. The van der Waals surface area contributed by atoms with Gasteiger partial charge in [0.25, 0.3) is 0 Å². The van der Waals surface area contributed by atoms with Gasteiger partial charge in [-0.25, -0.2) is 9.97 Å². The van der Waals surface area contributed by atoms with Gasteiger partial charge < -0.3 is 11.1 Å². The fourth-order valence-electron chi connectivity index (χ4n) is 3.13. The molecule has 106 valence electrons. The number of aromatic nitrogens is 3. The van der Waals surface area contributed by atoms with E-state index in [4.69, 9.17) is 5.73 Å². The van der Waals surface area contributed by atoms with Crippen LogP contribution in [0, 0.1) is 5.92 Å². The molecule has 3 rings (SSSR count). The second-order valence-corrected chi connectivity index (χ2v) is 5.73. The van der Waals surface area contributed by atoms with E-state index in [1.54, 1.807) is 12.4 Å². The minimum absolute atomic E-state index is 0.0405. The first-order valence-corrected chi connectivity index (χ1v) is 7.29. The van der Waals surface area contributed by atoms with Crippen LogP contribution in [0.25, 0.3) is 11.2 Å². The minimum Gasteiger partial charge on any atom is -0.363 e. The van der Waals surface area contributed by atoms with Gasteiger partial charge in [0.1, 0.15) is 11.3 Å². The second-order valence-electron chi connectivity index (χ2n) is 5.73. The van der Waals surface area contributed by atoms with Crippen LogP contribution in [0.3, 0.4) is 0 Å². The van der Waals surface area contributed by atoms with Gasteiger partial charge >= 0.3 is 0 Å². The summed E-state index contributed by atoms with van der Waals surface area (Å²) in [6.45, 7) is 2.91. The van der Waals surface area contributed by atoms with Gasteiger partial charge in [0.05, 0.1) is 5.54 Å². The van der Waals surface area contributed by atoms with Gasteiger partial charge in [0.2, 0.25) is 0 Å². The predicted octanol–water partition coefficient (Wildman–Crippen LogP) is 2.34. The molecule has 0 aromatic carbocycles. The van der Waals surface area contributed by atoms with E-state index in [1.807, 2.05) is 12.1 Å². The van der Waals surface area contributed by atoms with Crippen molar-refractivity contribution in [3.63, 3.8) is 0 Å². The quantitative estimate of drug-likeness (QED) is 0.896. The highest BCUT2D eigenvalue weighted by Crippen LogP contribution is 2.35. The maximum Gasteiger partial charge on any atom is 0.180 e. The van der Waals surface area contributed by atoms with Crippen molar-refractivity contribution in [3.05, 3.63) is 24.5 Å². The van der Waals surface area contributed by atoms with E-state index in [-0.39, 0.29) is 5.54 Å². The van der Waals surface area contributed by atoms with Crippen molar-refractivity contribution in [2.75, 3.05) is 11.9 Å². The zero-order valence-corrected chi connectivity index (χ0v) is 11.8. The van der Waals surface area contributed by atoms with Crippen LogP contribution in [0.2, 0.25) is 0 Å². The first-order chi connectivity index (χ1) is 9.73. The third kappa shape index (κ3) is 2.33. The summed E-state index contributed by atoms with van der Waals surface area (Å²) in [5.74, 6) is 1.40. The Labute approximate surface area is 119 Å². The molecule has 0 aliphatic heterocycles. The maximum absolute atomic E-state index is 6.07. The summed E-state index contributed by atoms with van der Waals surface area (Å²) in [6, 6.07) is 3.92. The molecule has 1 aliphatic rings. The summed E-state index contributed by atoms with van der Waals surface area (Å²) in [7, 11) is 0. The largest absolute Gasteiger partial charge is 0.363 e. The van der Waals surface area contributed by atoms with Crippen LogP contribution in [-0.2, 0) is 0 Å². The molecule has 2 atom stereocenters. The Hall–Kier alpha value is -1.75. The van der Waals surface area contributed by atoms with Crippen LogP contribution in [0.4, 0.5) is 5.82 Å². The number of pyridine rings is 1. The van der Waals surface area contributed by atoms with Gasteiger partial charge in [-0.2, -0.15) is 0 Å². The molecule has 2 aromatic heterocycles. The third-order valence-electron chi connectivity index (χ3n) is 4.53. The molecule has 1 saturated carbocycles. The van der Waals surface area contributed by atoms with Gasteiger partial charge in [-0.15, -0.1) is 0 Å². The van der Waals surface area contributed by atoms with Crippen molar-refractivity contribution in [2.24, 2.45) is 11.7 Å². The molecule has 2 unspecified atom stereocenters. The van der Waals surface area contributed by atoms with Gasteiger partial charge in [-0.05, 0) is 30.9 Å².